The highest BCUT2D eigenvalue weighted by molar-refractivity contribution is 6.94. The average molecular weight is 137 g/mol. The van der Waals surface area contributed by atoms with Gasteiger partial charge in [0.2, 0.25) is 0 Å². The van der Waals surface area contributed by atoms with Gasteiger partial charge < -0.3 is 0 Å². The smallest absolute Gasteiger partial charge is 0.128 e. The average Bonchev–Trinajstić information content (AvgIpc) is 1.65. The Kier molecular flexibility index (Phi) is 3.76. The van der Waals surface area contributed by atoms with E-state index in [2.05, 4.69) is 20.8 Å². The second kappa shape index (κ2) is 3.50. The first-order chi connectivity index (χ1) is 3.18. The van der Waals surface area contributed by atoms with E-state index in [0.29, 0.717) is 0 Å². The van der Waals surface area contributed by atoms with Crippen molar-refractivity contribution in [2.24, 2.45) is 5.92 Å². The van der Waals surface area contributed by atoms with Gasteiger partial charge in [-0.05, 0) is 11.5 Å². The third kappa shape index (κ3) is 3.12. The SMILES string of the molecule is CC(C)C(C)[SiH2]Cl. The van der Waals surface area contributed by atoms with Crippen LogP contribution in [0.15, 0.2) is 0 Å². The molecule has 7 heavy (non-hydrogen) atoms. The molecule has 0 heterocycles. The van der Waals surface area contributed by atoms with Gasteiger partial charge in [-0.25, -0.2) is 0 Å². The Labute approximate surface area is 52.8 Å². The molecule has 0 saturated carbocycles. The van der Waals surface area contributed by atoms with Crippen molar-refractivity contribution in [2.45, 2.75) is 26.3 Å². The van der Waals surface area contributed by atoms with Crippen LogP contribution in [0.4, 0.5) is 0 Å². The van der Waals surface area contributed by atoms with E-state index in [1.54, 1.807) is 0 Å². The van der Waals surface area contributed by atoms with E-state index in [0.717, 1.165) is 11.5 Å². The first-order valence-corrected chi connectivity index (χ1v) is 5.70. The maximum Gasteiger partial charge on any atom is 0.128 e. The van der Waals surface area contributed by atoms with Gasteiger partial charge >= 0.3 is 0 Å². The van der Waals surface area contributed by atoms with Gasteiger partial charge in [0.25, 0.3) is 0 Å². The summed E-state index contributed by atoms with van der Waals surface area (Å²) in [5, 5.41) is 0. The highest BCUT2D eigenvalue weighted by Gasteiger charge is 2.03. The Hall–Kier alpha value is 0.507. The van der Waals surface area contributed by atoms with Gasteiger partial charge in [-0.3, -0.25) is 0 Å². The molecule has 0 amide bonds. The molecule has 44 valence electrons. The summed E-state index contributed by atoms with van der Waals surface area (Å²) in [5.41, 5.74) is 0.807. The molecule has 0 saturated heterocycles. The van der Waals surface area contributed by atoms with Gasteiger partial charge in [-0.1, -0.05) is 20.8 Å². The maximum absolute atomic E-state index is 5.69. The summed E-state index contributed by atoms with van der Waals surface area (Å²) in [6.45, 7) is 6.67. The van der Waals surface area contributed by atoms with E-state index in [1.807, 2.05) is 0 Å². The Morgan fingerprint density at radius 2 is 1.71 bits per heavy atom. The molecule has 0 aliphatic rings. The van der Waals surface area contributed by atoms with Crippen molar-refractivity contribution in [3.63, 3.8) is 0 Å². The Bertz CT molecular complexity index is 45.3. The van der Waals surface area contributed by atoms with Gasteiger partial charge in [0, 0.05) is 0 Å². The van der Waals surface area contributed by atoms with Crippen molar-refractivity contribution in [2.75, 3.05) is 0 Å². The summed E-state index contributed by atoms with van der Waals surface area (Å²) in [6, 6.07) is 0. The van der Waals surface area contributed by atoms with Crippen LogP contribution in [0.3, 0.4) is 0 Å². The monoisotopic (exact) mass is 136 g/mol. The highest BCUT2D eigenvalue weighted by Crippen LogP contribution is 2.14. The van der Waals surface area contributed by atoms with Gasteiger partial charge in [-0.15, -0.1) is 0 Å². The van der Waals surface area contributed by atoms with Gasteiger partial charge in [0.15, 0.2) is 0 Å². The first-order valence-electron chi connectivity index (χ1n) is 2.74. The summed E-state index contributed by atoms with van der Waals surface area (Å²) in [6.07, 6.45) is 0. The lowest BCUT2D eigenvalue weighted by Gasteiger charge is -2.08. The number of halogens is 1. The predicted octanol–water partition coefficient (Wildman–Crippen LogP) is 1.77. The third-order valence-electron chi connectivity index (χ3n) is 1.38. The molecule has 1 unspecified atom stereocenters. The minimum Gasteiger partial charge on any atom is -0.176 e. The quantitative estimate of drug-likeness (QED) is 0.401. The van der Waals surface area contributed by atoms with E-state index in [9.17, 15) is 0 Å². The van der Waals surface area contributed by atoms with Crippen LogP contribution in [0.25, 0.3) is 0 Å². The number of hydrogen-bond donors (Lipinski definition) is 0. The number of rotatable bonds is 2. The zero-order valence-electron chi connectivity index (χ0n) is 5.24. The highest BCUT2D eigenvalue weighted by atomic mass is 35.6. The van der Waals surface area contributed by atoms with Crippen molar-refractivity contribution < 1.29 is 0 Å². The molecule has 0 aromatic rings. The molecule has 0 aromatic heterocycles. The molecular formula is C5H13ClSi. The minimum atomic E-state index is -0.237. The molecule has 0 aliphatic heterocycles. The summed E-state index contributed by atoms with van der Waals surface area (Å²) < 4.78 is 0. The van der Waals surface area contributed by atoms with Crippen LogP contribution < -0.4 is 0 Å². The Morgan fingerprint density at radius 1 is 1.29 bits per heavy atom. The Balaban J connectivity index is 3.14. The van der Waals surface area contributed by atoms with E-state index < -0.39 is 0 Å². The lowest BCUT2D eigenvalue weighted by atomic mass is 10.1. The first kappa shape index (κ1) is 7.51. The van der Waals surface area contributed by atoms with Crippen molar-refractivity contribution >= 4 is 19.9 Å². The maximum atomic E-state index is 5.69. The Morgan fingerprint density at radius 3 is 1.71 bits per heavy atom. The summed E-state index contributed by atoms with van der Waals surface area (Å²) in [7, 11) is -0.237. The molecule has 0 bridgehead atoms. The molecule has 2 heteroatoms. The van der Waals surface area contributed by atoms with Gasteiger partial charge in [-0.2, -0.15) is 11.1 Å². The predicted molar refractivity (Wildman–Crippen MR) is 38.7 cm³/mol. The molecule has 0 aliphatic carbocycles. The molecular weight excluding hydrogens is 124 g/mol. The van der Waals surface area contributed by atoms with Crippen molar-refractivity contribution in [1.29, 1.82) is 0 Å². The van der Waals surface area contributed by atoms with Crippen LogP contribution >= 0.6 is 11.1 Å². The lowest BCUT2D eigenvalue weighted by molar-refractivity contribution is 0.623. The second-order valence-electron chi connectivity index (χ2n) is 2.38. The molecule has 0 nitrogen and oxygen atoms in total. The molecule has 0 radical (unpaired) electrons. The van der Waals surface area contributed by atoms with Crippen molar-refractivity contribution in [3.05, 3.63) is 0 Å². The fourth-order valence-electron chi connectivity index (χ4n) is 0.178. The van der Waals surface area contributed by atoms with Crippen LogP contribution in [0.5, 0.6) is 0 Å². The van der Waals surface area contributed by atoms with Crippen LogP contribution in [-0.4, -0.2) is 8.83 Å². The zero-order valence-corrected chi connectivity index (χ0v) is 7.41. The van der Waals surface area contributed by atoms with Gasteiger partial charge in [0.05, 0.1) is 0 Å². The van der Waals surface area contributed by atoms with Crippen LogP contribution in [-0.2, 0) is 0 Å². The van der Waals surface area contributed by atoms with Gasteiger partial charge in [0.1, 0.15) is 8.83 Å². The van der Waals surface area contributed by atoms with E-state index >= 15 is 0 Å². The summed E-state index contributed by atoms with van der Waals surface area (Å²) >= 11 is 5.69. The van der Waals surface area contributed by atoms with Crippen LogP contribution in [0, 0.1) is 5.92 Å². The van der Waals surface area contributed by atoms with E-state index in [4.69, 9.17) is 11.1 Å². The summed E-state index contributed by atoms with van der Waals surface area (Å²) in [5.74, 6) is 0.796. The molecule has 0 N–H and O–H groups in total. The third-order valence-corrected chi connectivity index (χ3v) is 4.27. The molecule has 0 rings (SSSR count). The van der Waals surface area contributed by atoms with E-state index in [-0.39, 0.29) is 8.83 Å². The molecule has 0 fully saturated rings. The largest absolute Gasteiger partial charge is 0.176 e. The fraction of sp³-hybridized carbons (Fsp3) is 1.00. The molecule has 1 atom stereocenters. The molecule has 0 spiro atoms. The topological polar surface area (TPSA) is 0 Å². The minimum absolute atomic E-state index is 0.237. The standard InChI is InChI=1S/C5H13ClSi/c1-4(2)5(3)7-6/h4-5H,7H2,1-3H3. The normalized spacial score (nSPS) is 16.7. The fourth-order valence-corrected chi connectivity index (χ4v) is 1.60. The van der Waals surface area contributed by atoms with Crippen molar-refractivity contribution in [1.82, 2.24) is 0 Å². The molecule has 0 aromatic carbocycles. The van der Waals surface area contributed by atoms with E-state index in [1.165, 1.54) is 0 Å². The zero-order chi connectivity index (χ0) is 5.86. The second-order valence-corrected chi connectivity index (χ2v) is 4.90. The van der Waals surface area contributed by atoms with Crippen molar-refractivity contribution in [3.8, 4) is 0 Å². The lowest BCUT2D eigenvalue weighted by Crippen LogP contribution is -2.00. The van der Waals surface area contributed by atoms with Crippen LogP contribution in [0.2, 0.25) is 5.54 Å². The van der Waals surface area contributed by atoms with Crippen LogP contribution in [0.1, 0.15) is 20.8 Å². The summed E-state index contributed by atoms with van der Waals surface area (Å²) in [4.78, 5) is 0. The number of hydrogen-bond acceptors (Lipinski definition) is 0.